The summed E-state index contributed by atoms with van der Waals surface area (Å²) in [5, 5.41) is 3.17. The molecule has 0 aliphatic heterocycles. The van der Waals surface area contributed by atoms with Crippen LogP contribution in [0.4, 0.5) is 5.69 Å². The van der Waals surface area contributed by atoms with E-state index in [9.17, 15) is 9.59 Å². The molecule has 3 heteroatoms. The summed E-state index contributed by atoms with van der Waals surface area (Å²) in [6, 6.07) is 9.15. The number of para-hydroxylation sites is 1. The highest BCUT2D eigenvalue weighted by molar-refractivity contribution is 6.01. The van der Waals surface area contributed by atoms with Crippen molar-refractivity contribution in [1.29, 1.82) is 0 Å². The Labute approximate surface area is 106 Å². The normalized spacial score (nSPS) is 17.9. The fourth-order valence-corrected chi connectivity index (χ4v) is 1.80. The highest BCUT2D eigenvalue weighted by atomic mass is 16.1. The number of hydrogen-bond acceptors (Lipinski definition) is 3. The van der Waals surface area contributed by atoms with Crippen molar-refractivity contribution in [2.75, 3.05) is 5.32 Å². The fourth-order valence-electron chi connectivity index (χ4n) is 1.80. The second-order valence-corrected chi connectivity index (χ2v) is 3.94. The number of hydrogen-bond donors (Lipinski definition) is 1. The number of carbonyl (C=O) groups excluding carboxylic acids is 2. The van der Waals surface area contributed by atoms with Crippen LogP contribution in [-0.2, 0) is 9.59 Å². The minimum atomic E-state index is -0.343. The first-order chi connectivity index (χ1) is 8.72. The van der Waals surface area contributed by atoms with Gasteiger partial charge in [0.1, 0.15) is 5.94 Å². The van der Waals surface area contributed by atoms with E-state index in [1.54, 1.807) is 12.2 Å². The molecule has 0 aromatic heterocycles. The van der Waals surface area contributed by atoms with Crippen LogP contribution < -0.4 is 5.32 Å². The maximum Gasteiger partial charge on any atom is 0.161 e. The van der Waals surface area contributed by atoms with Gasteiger partial charge >= 0.3 is 0 Å². The average Bonchev–Trinajstić information content (AvgIpc) is 2.39. The Hall–Kier alpha value is -2.38. The molecular formula is C15H12NO2. The van der Waals surface area contributed by atoms with Crippen LogP contribution >= 0.6 is 0 Å². The number of rotatable bonds is 3. The number of benzene rings is 1. The molecule has 1 N–H and O–H groups in total. The van der Waals surface area contributed by atoms with Crippen LogP contribution in [0.2, 0.25) is 0 Å². The Bertz CT molecular complexity index is 563. The van der Waals surface area contributed by atoms with Crippen LogP contribution in [-0.4, -0.2) is 17.8 Å². The Morgan fingerprint density at radius 1 is 1.33 bits per heavy atom. The van der Waals surface area contributed by atoms with Crippen LogP contribution in [0.25, 0.3) is 0 Å². The summed E-state index contributed by atoms with van der Waals surface area (Å²) in [7, 11) is 0. The summed E-state index contributed by atoms with van der Waals surface area (Å²) in [5.41, 5.74) is 1.47. The SMILES string of the molecule is CC(=O)C1=[C]C=CC(Nc2ccccc2)C1=C=O. The van der Waals surface area contributed by atoms with Gasteiger partial charge in [0, 0.05) is 11.3 Å². The van der Waals surface area contributed by atoms with Crippen molar-refractivity contribution < 1.29 is 9.59 Å². The maximum absolute atomic E-state index is 11.4. The van der Waals surface area contributed by atoms with E-state index >= 15 is 0 Å². The van der Waals surface area contributed by atoms with Crippen LogP contribution in [0.3, 0.4) is 0 Å². The molecule has 1 aliphatic rings. The predicted molar refractivity (Wildman–Crippen MR) is 69.6 cm³/mol. The topological polar surface area (TPSA) is 46.2 Å². The van der Waals surface area contributed by atoms with Gasteiger partial charge in [-0.05, 0) is 25.1 Å². The average molecular weight is 238 g/mol. The second kappa shape index (κ2) is 5.30. The molecule has 1 atom stereocenters. The fraction of sp³-hybridized carbons (Fsp3) is 0.133. The first-order valence-electron chi connectivity index (χ1n) is 5.60. The molecule has 1 aliphatic carbocycles. The number of ketones is 1. The lowest BCUT2D eigenvalue weighted by Crippen LogP contribution is -2.25. The van der Waals surface area contributed by atoms with E-state index in [0.717, 1.165) is 5.69 Å². The molecule has 0 heterocycles. The van der Waals surface area contributed by atoms with E-state index in [1.165, 1.54) is 6.92 Å². The van der Waals surface area contributed by atoms with Crippen molar-refractivity contribution in [3.63, 3.8) is 0 Å². The summed E-state index contributed by atoms with van der Waals surface area (Å²) < 4.78 is 0. The maximum atomic E-state index is 11.4. The number of anilines is 1. The lowest BCUT2D eigenvalue weighted by atomic mass is 9.92. The van der Waals surface area contributed by atoms with Gasteiger partial charge in [-0.3, -0.25) is 4.79 Å². The van der Waals surface area contributed by atoms with Gasteiger partial charge in [0.15, 0.2) is 5.78 Å². The molecule has 0 saturated carbocycles. The summed E-state index contributed by atoms with van der Waals surface area (Å²) in [6.45, 7) is 1.42. The molecule has 1 unspecified atom stereocenters. The zero-order valence-corrected chi connectivity index (χ0v) is 9.94. The van der Waals surface area contributed by atoms with Crippen molar-refractivity contribution in [2.45, 2.75) is 13.0 Å². The molecule has 0 bridgehead atoms. The van der Waals surface area contributed by atoms with Gasteiger partial charge in [-0.15, -0.1) is 0 Å². The first kappa shape index (κ1) is 12.1. The van der Waals surface area contributed by atoms with Gasteiger partial charge in [0.2, 0.25) is 0 Å². The standard InChI is InChI=1S/C15H12NO2/c1-11(18)13-8-5-9-15(14(13)10-17)16-12-6-3-2-4-7-12/h2-7,9,15-16H,1H3. The molecule has 0 saturated heterocycles. The van der Waals surface area contributed by atoms with Crippen molar-refractivity contribution in [1.82, 2.24) is 0 Å². The molecule has 1 aromatic rings. The van der Waals surface area contributed by atoms with E-state index < -0.39 is 0 Å². The largest absolute Gasteiger partial charge is 0.374 e. The first-order valence-corrected chi connectivity index (χ1v) is 5.60. The lowest BCUT2D eigenvalue weighted by Gasteiger charge is -2.20. The third-order valence-electron chi connectivity index (χ3n) is 2.65. The molecule has 2 rings (SSSR count). The Kier molecular flexibility index (Phi) is 3.56. The van der Waals surface area contributed by atoms with Crippen LogP contribution in [0, 0.1) is 6.08 Å². The zero-order chi connectivity index (χ0) is 13.0. The number of nitrogens with one attached hydrogen (secondary N) is 1. The molecule has 3 nitrogen and oxygen atoms in total. The minimum Gasteiger partial charge on any atom is -0.374 e. The van der Waals surface area contributed by atoms with Crippen molar-refractivity contribution in [3.05, 3.63) is 59.7 Å². The third kappa shape index (κ3) is 2.47. The summed E-state index contributed by atoms with van der Waals surface area (Å²) in [5.74, 6) is 1.66. The van der Waals surface area contributed by atoms with E-state index in [2.05, 4.69) is 11.4 Å². The van der Waals surface area contributed by atoms with Crippen molar-refractivity contribution >= 4 is 17.4 Å². The molecular weight excluding hydrogens is 226 g/mol. The summed E-state index contributed by atoms with van der Waals surface area (Å²) in [6.07, 6.45) is 6.21. The number of Topliss-reactive ketones (excluding diaryl/α,β-unsaturated/α-hetero) is 1. The lowest BCUT2D eigenvalue weighted by molar-refractivity contribution is -0.113. The molecule has 0 fully saturated rings. The van der Waals surface area contributed by atoms with Gasteiger partial charge in [0.05, 0.1) is 11.6 Å². The Balaban J connectivity index is 2.26. The van der Waals surface area contributed by atoms with E-state index in [4.69, 9.17) is 0 Å². The summed E-state index contributed by atoms with van der Waals surface area (Å²) >= 11 is 0. The molecule has 89 valence electrons. The quantitative estimate of drug-likeness (QED) is 0.820. The van der Waals surface area contributed by atoms with Gasteiger partial charge in [0.25, 0.3) is 0 Å². The molecule has 18 heavy (non-hydrogen) atoms. The van der Waals surface area contributed by atoms with Crippen LogP contribution in [0.15, 0.2) is 53.6 Å². The van der Waals surface area contributed by atoms with Crippen LogP contribution in [0.1, 0.15) is 6.92 Å². The monoisotopic (exact) mass is 238 g/mol. The summed E-state index contributed by atoms with van der Waals surface area (Å²) in [4.78, 5) is 22.4. The number of carbonyl (C=O) groups is 1. The van der Waals surface area contributed by atoms with E-state index in [1.807, 2.05) is 36.3 Å². The Morgan fingerprint density at radius 3 is 2.67 bits per heavy atom. The molecule has 1 radical (unpaired) electrons. The zero-order valence-electron chi connectivity index (χ0n) is 9.94. The highest BCUT2D eigenvalue weighted by Gasteiger charge is 2.22. The third-order valence-corrected chi connectivity index (χ3v) is 2.65. The Morgan fingerprint density at radius 2 is 2.06 bits per heavy atom. The smallest absolute Gasteiger partial charge is 0.161 e. The predicted octanol–water partition coefficient (Wildman–Crippen LogP) is 2.11. The number of allylic oxidation sites excluding steroid dienone is 2. The van der Waals surface area contributed by atoms with Crippen molar-refractivity contribution in [2.24, 2.45) is 0 Å². The van der Waals surface area contributed by atoms with Gasteiger partial charge in [-0.1, -0.05) is 30.4 Å². The molecule has 0 spiro atoms. The molecule has 0 amide bonds. The second-order valence-electron chi connectivity index (χ2n) is 3.94. The van der Waals surface area contributed by atoms with Crippen LogP contribution in [0.5, 0.6) is 0 Å². The van der Waals surface area contributed by atoms with Crippen molar-refractivity contribution in [3.8, 4) is 0 Å². The van der Waals surface area contributed by atoms with Gasteiger partial charge < -0.3 is 5.32 Å². The van der Waals surface area contributed by atoms with E-state index in [0.29, 0.717) is 11.1 Å². The van der Waals surface area contributed by atoms with Gasteiger partial charge in [-0.2, -0.15) is 0 Å². The van der Waals surface area contributed by atoms with Gasteiger partial charge in [-0.25, -0.2) is 4.79 Å². The minimum absolute atomic E-state index is 0.183. The highest BCUT2D eigenvalue weighted by Crippen LogP contribution is 2.21. The van der Waals surface area contributed by atoms with E-state index in [-0.39, 0.29) is 11.8 Å². The molecule has 1 aromatic carbocycles.